The minimum Gasteiger partial charge on any atom is -0.330 e. The van der Waals surface area contributed by atoms with Crippen molar-refractivity contribution in [1.82, 2.24) is 4.90 Å². The van der Waals surface area contributed by atoms with Crippen molar-refractivity contribution >= 4 is 0 Å². The zero-order valence-corrected chi connectivity index (χ0v) is 13.3. The van der Waals surface area contributed by atoms with Crippen molar-refractivity contribution in [3.8, 4) is 0 Å². The molecule has 2 nitrogen and oxygen atoms in total. The van der Waals surface area contributed by atoms with E-state index in [-0.39, 0.29) is 6.04 Å². The Labute approximate surface area is 128 Å². The van der Waals surface area contributed by atoms with Gasteiger partial charge >= 0.3 is 0 Å². The zero-order valence-electron chi connectivity index (χ0n) is 13.3. The van der Waals surface area contributed by atoms with Gasteiger partial charge in [0.15, 0.2) is 0 Å². The fourth-order valence-corrected chi connectivity index (χ4v) is 2.83. The van der Waals surface area contributed by atoms with Gasteiger partial charge in [0.25, 0.3) is 0 Å². The van der Waals surface area contributed by atoms with Crippen LogP contribution in [0.2, 0.25) is 0 Å². The minimum absolute atomic E-state index is 0.289. The van der Waals surface area contributed by atoms with Gasteiger partial charge in [0.05, 0.1) is 6.04 Å². The van der Waals surface area contributed by atoms with E-state index in [1.165, 1.54) is 22.3 Å². The number of nitrogens with two attached hydrogens (primary N) is 1. The van der Waals surface area contributed by atoms with E-state index < -0.39 is 0 Å². The van der Waals surface area contributed by atoms with E-state index in [4.69, 9.17) is 5.73 Å². The lowest BCUT2D eigenvalue weighted by Crippen LogP contribution is -2.28. The maximum Gasteiger partial charge on any atom is 0.0602 e. The van der Waals surface area contributed by atoms with Crippen LogP contribution < -0.4 is 5.73 Å². The molecule has 112 valence electrons. The van der Waals surface area contributed by atoms with Gasteiger partial charge in [-0.3, -0.25) is 4.90 Å². The summed E-state index contributed by atoms with van der Waals surface area (Å²) in [6.45, 7) is 6.09. The summed E-state index contributed by atoms with van der Waals surface area (Å²) in [7, 11) is 2.19. The molecule has 21 heavy (non-hydrogen) atoms. The number of aryl methyl sites for hydroxylation is 2. The maximum atomic E-state index is 5.68. The SMILES string of the molecule is Cc1ccc(C)c(C(c2ccccc2)N(C)CCCN)c1. The molecule has 0 heterocycles. The second-order valence-corrected chi connectivity index (χ2v) is 5.80. The largest absolute Gasteiger partial charge is 0.330 e. The summed E-state index contributed by atoms with van der Waals surface area (Å²) in [6.07, 6.45) is 1.02. The Morgan fingerprint density at radius 2 is 1.76 bits per heavy atom. The highest BCUT2D eigenvalue weighted by Crippen LogP contribution is 2.30. The second-order valence-electron chi connectivity index (χ2n) is 5.80. The molecule has 0 spiro atoms. The Hall–Kier alpha value is -1.64. The normalized spacial score (nSPS) is 12.6. The first-order valence-corrected chi connectivity index (χ1v) is 7.66. The van der Waals surface area contributed by atoms with Gasteiger partial charge in [-0.2, -0.15) is 0 Å². The van der Waals surface area contributed by atoms with Crippen LogP contribution in [0.1, 0.15) is 34.7 Å². The molecule has 0 radical (unpaired) electrons. The summed E-state index contributed by atoms with van der Waals surface area (Å²) >= 11 is 0. The van der Waals surface area contributed by atoms with E-state index in [0.717, 1.165) is 19.5 Å². The van der Waals surface area contributed by atoms with E-state index in [9.17, 15) is 0 Å². The van der Waals surface area contributed by atoms with E-state index in [1.54, 1.807) is 0 Å². The molecule has 0 saturated heterocycles. The molecule has 0 amide bonds. The highest BCUT2D eigenvalue weighted by molar-refractivity contribution is 5.39. The van der Waals surface area contributed by atoms with Crippen LogP contribution in [0.15, 0.2) is 48.5 Å². The summed E-state index contributed by atoms with van der Waals surface area (Å²) in [6, 6.07) is 17.7. The van der Waals surface area contributed by atoms with E-state index in [1.807, 2.05) is 0 Å². The molecule has 0 saturated carbocycles. The second kappa shape index (κ2) is 7.39. The van der Waals surface area contributed by atoms with Gasteiger partial charge in [-0.25, -0.2) is 0 Å². The number of hydrogen-bond donors (Lipinski definition) is 1. The topological polar surface area (TPSA) is 29.3 Å². The molecular formula is C19H26N2. The molecule has 0 aromatic heterocycles. The highest BCUT2D eigenvalue weighted by Gasteiger charge is 2.20. The van der Waals surface area contributed by atoms with Crippen LogP contribution in [-0.2, 0) is 0 Å². The van der Waals surface area contributed by atoms with Gasteiger partial charge in [-0.05, 0) is 57.1 Å². The van der Waals surface area contributed by atoms with Crippen LogP contribution in [0, 0.1) is 13.8 Å². The Kier molecular flexibility index (Phi) is 5.54. The van der Waals surface area contributed by atoms with Crippen molar-refractivity contribution in [3.63, 3.8) is 0 Å². The maximum absolute atomic E-state index is 5.68. The van der Waals surface area contributed by atoms with E-state index in [2.05, 4.69) is 74.3 Å². The van der Waals surface area contributed by atoms with Crippen LogP contribution in [0.3, 0.4) is 0 Å². The summed E-state index contributed by atoms with van der Waals surface area (Å²) in [5.74, 6) is 0. The molecule has 1 unspecified atom stereocenters. The number of hydrogen-bond acceptors (Lipinski definition) is 2. The standard InChI is InChI=1S/C19H26N2/c1-15-10-11-16(2)18(14-15)19(21(3)13-7-12-20)17-8-5-4-6-9-17/h4-6,8-11,14,19H,7,12-13,20H2,1-3H3. The van der Waals surface area contributed by atoms with Gasteiger partial charge in [0.1, 0.15) is 0 Å². The van der Waals surface area contributed by atoms with Crippen LogP contribution in [-0.4, -0.2) is 25.0 Å². The van der Waals surface area contributed by atoms with Crippen molar-refractivity contribution in [2.45, 2.75) is 26.3 Å². The van der Waals surface area contributed by atoms with Gasteiger partial charge in [-0.15, -0.1) is 0 Å². The van der Waals surface area contributed by atoms with Gasteiger partial charge in [0, 0.05) is 0 Å². The van der Waals surface area contributed by atoms with Crippen LogP contribution in [0.4, 0.5) is 0 Å². The third kappa shape index (κ3) is 3.93. The van der Waals surface area contributed by atoms with Crippen molar-refractivity contribution in [3.05, 3.63) is 70.8 Å². The third-order valence-electron chi connectivity index (χ3n) is 4.00. The molecule has 2 aromatic carbocycles. The Morgan fingerprint density at radius 1 is 1.05 bits per heavy atom. The van der Waals surface area contributed by atoms with Crippen molar-refractivity contribution in [1.29, 1.82) is 0 Å². The zero-order chi connectivity index (χ0) is 15.2. The summed E-state index contributed by atoms with van der Waals surface area (Å²) in [5, 5.41) is 0. The Balaban J connectivity index is 2.42. The average Bonchev–Trinajstić information content (AvgIpc) is 2.50. The molecule has 0 fully saturated rings. The van der Waals surface area contributed by atoms with Gasteiger partial charge in [-0.1, -0.05) is 54.1 Å². The predicted molar refractivity (Wildman–Crippen MR) is 90.5 cm³/mol. The molecule has 2 rings (SSSR count). The molecule has 1 atom stereocenters. The summed E-state index contributed by atoms with van der Waals surface area (Å²) < 4.78 is 0. The molecule has 0 aliphatic carbocycles. The Morgan fingerprint density at radius 3 is 2.43 bits per heavy atom. The molecule has 0 bridgehead atoms. The number of nitrogens with zero attached hydrogens (tertiary/aromatic N) is 1. The predicted octanol–water partition coefficient (Wildman–Crippen LogP) is 3.67. The number of benzene rings is 2. The molecular weight excluding hydrogens is 256 g/mol. The quantitative estimate of drug-likeness (QED) is 0.876. The van der Waals surface area contributed by atoms with Crippen molar-refractivity contribution < 1.29 is 0 Å². The summed E-state index contributed by atoms with van der Waals surface area (Å²) in [5.41, 5.74) is 11.1. The van der Waals surface area contributed by atoms with Crippen LogP contribution >= 0.6 is 0 Å². The lowest BCUT2D eigenvalue weighted by molar-refractivity contribution is 0.276. The summed E-state index contributed by atoms with van der Waals surface area (Å²) in [4.78, 5) is 2.41. The van der Waals surface area contributed by atoms with Crippen molar-refractivity contribution in [2.24, 2.45) is 5.73 Å². The first-order chi connectivity index (χ1) is 10.1. The first-order valence-electron chi connectivity index (χ1n) is 7.66. The van der Waals surface area contributed by atoms with Crippen LogP contribution in [0.5, 0.6) is 0 Å². The van der Waals surface area contributed by atoms with Crippen LogP contribution in [0.25, 0.3) is 0 Å². The molecule has 2 heteroatoms. The average molecular weight is 282 g/mol. The molecule has 0 aliphatic heterocycles. The monoisotopic (exact) mass is 282 g/mol. The van der Waals surface area contributed by atoms with Gasteiger partial charge in [0.2, 0.25) is 0 Å². The molecule has 0 aliphatic rings. The lowest BCUT2D eigenvalue weighted by Gasteiger charge is -2.30. The smallest absolute Gasteiger partial charge is 0.0602 e. The fraction of sp³-hybridized carbons (Fsp3) is 0.368. The molecule has 2 N–H and O–H groups in total. The van der Waals surface area contributed by atoms with Gasteiger partial charge < -0.3 is 5.73 Å². The fourth-order valence-electron chi connectivity index (χ4n) is 2.83. The van der Waals surface area contributed by atoms with Crippen molar-refractivity contribution in [2.75, 3.05) is 20.1 Å². The minimum atomic E-state index is 0.289. The first kappa shape index (κ1) is 15.7. The number of rotatable bonds is 6. The Bertz CT molecular complexity index is 563. The lowest BCUT2D eigenvalue weighted by atomic mass is 9.92. The highest BCUT2D eigenvalue weighted by atomic mass is 15.1. The van der Waals surface area contributed by atoms with E-state index in [0.29, 0.717) is 0 Å². The molecule has 2 aromatic rings. The third-order valence-corrected chi connectivity index (χ3v) is 4.00. The van der Waals surface area contributed by atoms with E-state index >= 15 is 0 Å².